The second-order valence-electron chi connectivity index (χ2n) is 6.15. The highest BCUT2D eigenvalue weighted by atomic mass is 35.5. The molecule has 22 heavy (non-hydrogen) atoms. The first-order valence-corrected chi connectivity index (χ1v) is 8.50. The molecule has 1 aliphatic heterocycles. The number of benzene rings is 1. The molecule has 0 bridgehead atoms. The maximum Gasteiger partial charge on any atom is 0.120 e. The SMILES string of the molecule is OC1CCCC1C1COCCN1CCOc1cccc(Cl)c1. The molecule has 0 spiro atoms. The van der Waals surface area contributed by atoms with E-state index >= 15 is 0 Å². The zero-order chi connectivity index (χ0) is 15.4. The number of hydrogen-bond acceptors (Lipinski definition) is 4. The Morgan fingerprint density at radius 2 is 2.27 bits per heavy atom. The normalized spacial score (nSPS) is 29.6. The Hall–Kier alpha value is -0.810. The van der Waals surface area contributed by atoms with Gasteiger partial charge in [-0.15, -0.1) is 0 Å². The minimum atomic E-state index is -0.178. The summed E-state index contributed by atoms with van der Waals surface area (Å²) in [4.78, 5) is 2.41. The van der Waals surface area contributed by atoms with Crippen LogP contribution in [0.3, 0.4) is 0 Å². The Morgan fingerprint density at radius 1 is 1.36 bits per heavy atom. The maximum absolute atomic E-state index is 10.2. The summed E-state index contributed by atoms with van der Waals surface area (Å²) in [6.07, 6.45) is 2.97. The van der Waals surface area contributed by atoms with Crippen molar-refractivity contribution in [2.24, 2.45) is 5.92 Å². The molecule has 1 aromatic carbocycles. The fourth-order valence-electron chi connectivity index (χ4n) is 3.58. The third-order valence-electron chi connectivity index (χ3n) is 4.75. The smallest absolute Gasteiger partial charge is 0.120 e. The predicted molar refractivity (Wildman–Crippen MR) is 86.5 cm³/mol. The second kappa shape index (κ2) is 7.64. The lowest BCUT2D eigenvalue weighted by Gasteiger charge is -2.40. The van der Waals surface area contributed by atoms with Gasteiger partial charge in [0.1, 0.15) is 12.4 Å². The monoisotopic (exact) mass is 325 g/mol. The van der Waals surface area contributed by atoms with E-state index in [1.165, 1.54) is 0 Å². The fourth-order valence-corrected chi connectivity index (χ4v) is 3.76. The van der Waals surface area contributed by atoms with Crippen molar-refractivity contribution in [2.45, 2.75) is 31.4 Å². The minimum absolute atomic E-state index is 0.178. The average molecular weight is 326 g/mol. The van der Waals surface area contributed by atoms with E-state index in [1.54, 1.807) is 0 Å². The lowest BCUT2D eigenvalue weighted by atomic mass is 9.94. The average Bonchev–Trinajstić information content (AvgIpc) is 2.94. The van der Waals surface area contributed by atoms with Crippen LogP contribution in [0.15, 0.2) is 24.3 Å². The van der Waals surface area contributed by atoms with Gasteiger partial charge in [0.05, 0.1) is 19.3 Å². The molecule has 1 saturated heterocycles. The highest BCUT2D eigenvalue weighted by Crippen LogP contribution is 2.32. The molecule has 1 saturated carbocycles. The molecule has 4 nitrogen and oxygen atoms in total. The highest BCUT2D eigenvalue weighted by molar-refractivity contribution is 6.30. The molecule has 3 unspecified atom stereocenters. The summed E-state index contributed by atoms with van der Waals surface area (Å²) in [6, 6.07) is 7.80. The number of nitrogens with zero attached hydrogens (tertiary/aromatic N) is 1. The van der Waals surface area contributed by atoms with Gasteiger partial charge in [-0.3, -0.25) is 4.90 Å². The van der Waals surface area contributed by atoms with Gasteiger partial charge in [0.2, 0.25) is 0 Å². The largest absolute Gasteiger partial charge is 0.492 e. The Kier molecular flexibility index (Phi) is 5.58. The molecular weight excluding hydrogens is 302 g/mol. The quantitative estimate of drug-likeness (QED) is 0.903. The third-order valence-corrected chi connectivity index (χ3v) is 4.98. The van der Waals surface area contributed by atoms with Gasteiger partial charge in [0.15, 0.2) is 0 Å². The number of halogens is 1. The predicted octanol–water partition coefficient (Wildman–Crippen LogP) is 2.58. The van der Waals surface area contributed by atoms with Crippen molar-refractivity contribution >= 4 is 11.6 Å². The van der Waals surface area contributed by atoms with E-state index in [4.69, 9.17) is 21.1 Å². The van der Waals surface area contributed by atoms with Gasteiger partial charge < -0.3 is 14.6 Å². The molecule has 0 aromatic heterocycles. The third kappa shape index (κ3) is 3.93. The van der Waals surface area contributed by atoms with E-state index in [1.807, 2.05) is 24.3 Å². The van der Waals surface area contributed by atoms with Gasteiger partial charge in [-0.25, -0.2) is 0 Å². The van der Waals surface area contributed by atoms with E-state index < -0.39 is 0 Å². The van der Waals surface area contributed by atoms with Crippen molar-refractivity contribution in [1.82, 2.24) is 4.90 Å². The number of morpholine rings is 1. The van der Waals surface area contributed by atoms with Crippen LogP contribution in [-0.2, 0) is 4.74 Å². The van der Waals surface area contributed by atoms with Crippen molar-refractivity contribution in [3.8, 4) is 5.75 Å². The van der Waals surface area contributed by atoms with Gasteiger partial charge >= 0.3 is 0 Å². The molecule has 1 N–H and O–H groups in total. The molecule has 122 valence electrons. The molecule has 3 rings (SSSR count). The number of hydrogen-bond donors (Lipinski definition) is 1. The van der Waals surface area contributed by atoms with Crippen LogP contribution in [0.25, 0.3) is 0 Å². The van der Waals surface area contributed by atoms with Crippen LogP contribution in [0.4, 0.5) is 0 Å². The summed E-state index contributed by atoms with van der Waals surface area (Å²) in [7, 11) is 0. The van der Waals surface area contributed by atoms with Crippen molar-refractivity contribution in [3.63, 3.8) is 0 Å². The molecule has 1 aromatic rings. The summed E-state index contributed by atoms with van der Waals surface area (Å²) in [5.41, 5.74) is 0. The lowest BCUT2D eigenvalue weighted by Crippen LogP contribution is -2.52. The summed E-state index contributed by atoms with van der Waals surface area (Å²) < 4.78 is 11.4. The van der Waals surface area contributed by atoms with Gasteiger partial charge in [0.25, 0.3) is 0 Å². The summed E-state index contributed by atoms with van der Waals surface area (Å²) in [5.74, 6) is 1.14. The Bertz CT molecular complexity index is 485. The minimum Gasteiger partial charge on any atom is -0.492 e. The molecule has 2 fully saturated rings. The van der Waals surface area contributed by atoms with Gasteiger partial charge in [0, 0.05) is 30.1 Å². The molecular formula is C17H24ClNO3. The lowest BCUT2D eigenvalue weighted by molar-refractivity contribution is -0.0532. The van der Waals surface area contributed by atoms with E-state index in [2.05, 4.69) is 4.90 Å². The maximum atomic E-state index is 10.2. The zero-order valence-corrected chi connectivity index (χ0v) is 13.5. The standard InChI is InChI=1S/C17H24ClNO3/c18-13-3-1-4-14(11-13)22-10-8-19-7-9-21-12-16(19)15-5-2-6-17(15)20/h1,3-4,11,15-17,20H,2,5-10,12H2. The molecule has 2 aliphatic rings. The van der Waals surface area contributed by atoms with Crippen LogP contribution in [0, 0.1) is 5.92 Å². The molecule has 0 amide bonds. The molecule has 1 aliphatic carbocycles. The van der Waals surface area contributed by atoms with Crippen molar-refractivity contribution < 1.29 is 14.6 Å². The van der Waals surface area contributed by atoms with Crippen molar-refractivity contribution in [3.05, 3.63) is 29.3 Å². The van der Waals surface area contributed by atoms with Gasteiger partial charge in [-0.1, -0.05) is 24.1 Å². The van der Waals surface area contributed by atoms with Crippen LogP contribution in [0.2, 0.25) is 5.02 Å². The van der Waals surface area contributed by atoms with Crippen LogP contribution >= 0.6 is 11.6 Å². The number of rotatable bonds is 5. The van der Waals surface area contributed by atoms with Crippen molar-refractivity contribution in [2.75, 3.05) is 32.9 Å². The van der Waals surface area contributed by atoms with E-state index in [-0.39, 0.29) is 6.10 Å². The van der Waals surface area contributed by atoms with Gasteiger partial charge in [-0.2, -0.15) is 0 Å². The summed E-state index contributed by atoms with van der Waals surface area (Å²) >= 11 is 5.96. The fraction of sp³-hybridized carbons (Fsp3) is 0.647. The topological polar surface area (TPSA) is 41.9 Å². The second-order valence-corrected chi connectivity index (χ2v) is 6.58. The van der Waals surface area contributed by atoms with E-state index in [0.29, 0.717) is 23.6 Å². The molecule has 1 heterocycles. The van der Waals surface area contributed by atoms with Crippen LogP contribution in [-0.4, -0.2) is 55.1 Å². The van der Waals surface area contributed by atoms with Crippen molar-refractivity contribution in [1.29, 1.82) is 0 Å². The highest BCUT2D eigenvalue weighted by Gasteiger charge is 2.37. The van der Waals surface area contributed by atoms with Crippen LogP contribution in [0.5, 0.6) is 5.75 Å². The van der Waals surface area contributed by atoms with Crippen LogP contribution < -0.4 is 4.74 Å². The molecule has 0 radical (unpaired) electrons. The Morgan fingerprint density at radius 3 is 3.05 bits per heavy atom. The van der Waals surface area contributed by atoms with Gasteiger partial charge in [-0.05, 0) is 31.0 Å². The van der Waals surface area contributed by atoms with E-state index in [0.717, 1.165) is 51.3 Å². The first-order chi connectivity index (χ1) is 10.7. The first-order valence-electron chi connectivity index (χ1n) is 8.12. The summed E-state index contributed by atoms with van der Waals surface area (Å²) in [6.45, 7) is 3.87. The summed E-state index contributed by atoms with van der Waals surface area (Å²) in [5, 5.41) is 10.9. The number of aliphatic hydroxyl groups excluding tert-OH is 1. The first kappa shape index (κ1) is 16.1. The Labute approximate surface area is 137 Å². The van der Waals surface area contributed by atoms with Crippen LogP contribution in [0.1, 0.15) is 19.3 Å². The molecule has 3 atom stereocenters. The zero-order valence-electron chi connectivity index (χ0n) is 12.8. The Balaban J connectivity index is 1.53. The van der Waals surface area contributed by atoms with E-state index in [9.17, 15) is 5.11 Å². The molecule has 5 heteroatoms. The number of ether oxygens (including phenoxy) is 2. The number of aliphatic hydroxyl groups is 1.